The average Bonchev–Trinajstić information content (AvgIpc) is 3.57. The molecular formula is C21H22ClN3O7S3. The summed E-state index contributed by atoms with van der Waals surface area (Å²) in [5.74, 6) is -0.227. The zero-order valence-corrected chi connectivity index (χ0v) is 22.2. The number of carbonyl (C=O) groups excluding carboxylic acids is 2. The number of nitrogens with zero attached hydrogens (tertiary/aromatic N) is 3. The topological polar surface area (TPSA) is 116 Å². The van der Waals surface area contributed by atoms with Crippen molar-refractivity contribution in [1.29, 1.82) is 0 Å². The second kappa shape index (κ2) is 10.3. The van der Waals surface area contributed by atoms with E-state index >= 15 is 0 Å². The minimum Gasteiger partial charge on any atom is -0.493 e. The summed E-state index contributed by atoms with van der Waals surface area (Å²) >= 11 is 8.03. The molecule has 0 radical (unpaired) electrons. The molecule has 1 saturated heterocycles. The average molecular weight is 560 g/mol. The molecule has 1 aliphatic rings. The Balaban J connectivity index is 1.78. The number of fused-ring (bicyclic) bond motifs is 1. The van der Waals surface area contributed by atoms with Crippen molar-refractivity contribution in [3.05, 3.63) is 33.4 Å². The molecular weight excluding hydrogens is 538 g/mol. The minimum absolute atomic E-state index is 0.0732. The highest BCUT2D eigenvalue weighted by molar-refractivity contribution is 7.91. The summed E-state index contributed by atoms with van der Waals surface area (Å²) < 4.78 is 45.6. The van der Waals surface area contributed by atoms with Gasteiger partial charge in [-0.2, -0.15) is 9.30 Å². The number of carbonyl (C=O) groups is 2. The molecule has 35 heavy (non-hydrogen) atoms. The van der Waals surface area contributed by atoms with Crippen LogP contribution in [0.4, 0.5) is 0 Å². The minimum atomic E-state index is -3.90. The van der Waals surface area contributed by atoms with Crippen molar-refractivity contribution in [3.8, 4) is 11.5 Å². The van der Waals surface area contributed by atoms with Gasteiger partial charge in [0.05, 0.1) is 35.9 Å². The Hall–Kier alpha value is -2.45. The van der Waals surface area contributed by atoms with Crippen LogP contribution in [0.15, 0.2) is 33.5 Å². The molecule has 1 amide bonds. The van der Waals surface area contributed by atoms with E-state index in [0.717, 1.165) is 11.3 Å². The number of thiazole rings is 1. The summed E-state index contributed by atoms with van der Waals surface area (Å²) in [6.45, 7) is 0.00518. The standard InChI is InChI=1S/C21H22ClN3O7S3/c1-30-14-9-13-16(10-15(14)31-2)33-21(24(13)11-18(26)32-3)23-20(27)12-5-4-8-25(12)35(28,29)19-7-6-17(22)34-19/h6-7,9-10,12H,4-5,8,11H2,1-3H3. The van der Waals surface area contributed by atoms with E-state index in [9.17, 15) is 18.0 Å². The molecule has 3 heterocycles. The van der Waals surface area contributed by atoms with Crippen LogP contribution in [0.3, 0.4) is 0 Å². The van der Waals surface area contributed by atoms with Gasteiger partial charge in [0.2, 0.25) is 0 Å². The van der Waals surface area contributed by atoms with E-state index in [-0.39, 0.29) is 22.1 Å². The quantitative estimate of drug-likeness (QED) is 0.409. The van der Waals surface area contributed by atoms with Gasteiger partial charge in [0.15, 0.2) is 16.3 Å². The van der Waals surface area contributed by atoms with Crippen molar-refractivity contribution < 1.29 is 32.2 Å². The van der Waals surface area contributed by atoms with Crippen molar-refractivity contribution in [2.45, 2.75) is 29.6 Å². The van der Waals surface area contributed by atoms with Crippen LogP contribution in [0, 0.1) is 0 Å². The van der Waals surface area contributed by atoms with Gasteiger partial charge < -0.3 is 18.8 Å². The van der Waals surface area contributed by atoms with Crippen molar-refractivity contribution >= 4 is 66.4 Å². The van der Waals surface area contributed by atoms with Crippen LogP contribution in [0.25, 0.3) is 10.2 Å². The Morgan fingerprint density at radius 3 is 2.49 bits per heavy atom. The largest absolute Gasteiger partial charge is 0.493 e. The smallest absolute Gasteiger partial charge is 0.325 e. The van der Waals surface area contributed by atoms with E-state index in [1.807, 2.05) is 0 Å². The molecule has 1 atom stereocenters. The van der Waals surface area contributed by atoms with Crippen LogP contribution >= 0.6 is 34.3 Å². The lowest BCUT2D eigenvalue weighted by Gasteiger charge is -2.20. The molecule has 188 valence electrons. The fourth-order valence-corrected chi connectivity index (χ4v) is 8.13. The molecule has 0 aliphatic carbocycles. The number of rotatable bonds is 7. The first-order valence-corrected chi connectivity index (χ1v) is 13.8. The number of ether oxygens (including phenoxy) is 3. The predicted octanol–water partition coefficient (Wildman–Crippen LogP) is 2.89. The number of aromatic nitrogens is 1. The van der Waals surface area contributed by atoms with Gasteiger partial charge in [-0.05, 0) is 25.0 Å². The molecule has 0 saturated carbocycles. The number of halogens is 1. The molecule has 1 aromatic carbocycles. The van der Waals surface area contributed by atoms with E-state index in [1.54, 1.807) is 16.7 Å². The zero-order valence-electron chi connectivity index (χ0n) is 19.0. The second-order valence-corrected chi connectivity index (χ2v) is 12.3. The normalized spacial score (nSPS) is 17.1. The number of esters is 1. The van der Waals surface area contributed by atoms with Crippen molar-refractivity contribution in [3.63, 3.8) is 0 Å². The number of methoxy groups -OCH3 is 3. The first-order valence-electron chi connectivity index (χ1n) is 10.4. The Bertz CT molecular complexity index is 1460. The third kappa shape index (κ3) is 4.96. The fraction of sp³-hybridized carbons (Fsp3) is 0.381. The highest BCUT2D eigenvalue weighted by Crippen LogP contribution is 2.34. The first kappa shape index (κ1) is 25.6. The van der Waals surface area contributed by atoms with Crippen molar-refractivity contribution in [2.24, 2.45) is 4.99 Å². The third-order valence-electron chi connectivity index (χ3n) is 5.51. The van der Waals surface area contributed by atoms with E-state index in [4.69, 9.17) is 25.8 Å². The zero-order chi connectivity index (χ0) is 25.3. The second-order valence-electron chi connectivity index (χ2n) is 7.50. The van der Waals surface area contributed by atoms with E-state index < -0.39 is 27.9 Å². The molecule has 1 unspecified atom stereocenters. The van der Waals surface area contributed by atoms with Crippen molar-refractivity contribution in [1.82, 2.24) is 8.87 Å². The molecule has 2 aromatic heterocycles. The summed E-state index contributed by atoms with van der Waals surface area (Å²) in [7, 11) is 0.357. The highest BCUT2D eigenvalue weighted by atomic mass is 35.5. The lowest BCUT2D eigenvalue weighted by atomic mass is 10.2. The summed E-state index contributed by atoms with van der Waals surface area (Å²) in [6.07, 6.45) is 0.859. The Kier molecular flexibility index (Phi) is 7.52. The van der Waals surface area contributed by atoms with E-state index in [2.05, 4.69) is 4.99 Å². The van der Waals surface area contributed by atoms with E-state index in [1.165, 1.54) is 49.1 Å². The molecule has 1 fully saturated rings. The Labute approximate surface area is 214 Å². The fourth-order valence-electron chi connectivity index (χ4n) is 3.82. The predicted molar refractivity (Wildman–Crippen MR) is 132 cm³/mol. The number of sulfonamides is 1. The number of benzene rings is 1. The van der Waals surface area contributed by atoms with Crippen LogP contribution in [0.2, 0.25) is 4.34 Å². The molecule has 10 nitrogen and oxygen atoms in total. The van der Waals surface area contributed by atoms with Crippen LogP contribution < -0.4 is 14.3 Å². The van der Waals surface area contributed by atoms with Gasteiger partial charge in [-0.3, -0.25) is 9.59 Å². The molecule has 0 bridgehead atoms. The maximum absolute atomic E-state index is 13.3. The van der Waals surface area contributed by atoms with Gasteiger partial charge in [0.1, 0.15) is 16.8 Å². The van der Waals surface area contributed by atoms with Gasteiger partial charge in [0, 0.05) is 18.7 Å². The maximum Gasteiger partial charge on any atom is 0.325 e. The molecule has 3 aromatic rings. The van der Waals surface area contributed by atoms with Crippen LogP contribution in [-0.4, -0.2) is 63.1 Å². The maximum atomic E-state index is 13.3. The molecule has 4 rings (SSSR count). The highest BCUT2D eigenvalue weighted by Gasteiger charge is 2.40. The summed E-state index contributed by atoms with van der Waals surface area (Å²) in [4.78, 5) is 29.9. The summed E-state index contributed by atoms with van der Waals surface area (Å²) in [5, 5.41) is 0. The number of hydrogen-bond acceptors (Lipinski definition) is 9. The first-order chi connectivity index (χ1) is 16.7. The number of thiophene rings is 1. The third-order valence-corrected chi connectivity index (χ3v) is 10.2. The van der Waals surface area contributed by atoms with Gasteiger partial charge in [0.25, 0.3) is 15.9 Å². The van der Waals surface area contributed by atoms with Gasteiger partial charge >= 0.3 is 5.97 Å². The molecule has 0 N–H and O–H groups in total. The van der Waals surface area contributed by atoms with Gasteiger partial charge in [-0.25, -0.2) is 8.42 Å². The summed E-state index contributed by atoms with van der Waals surface area (Å²) in [6, 6.07) is 5.39. The number of hydrogen-bond donors (Lipinski definition) is 0. The SMILES string of the molecule is COC(=O)Cn1c(=NC(=O)C2CCCN2S(=O)(=O)c2ccc(Cl)s2)sc2cc(OC)c(OC)cc21. The van der Waals surface area contributed by atoms with Crippen LogP contribution in [-0.2, 0) is 30.9 Å². The van der Waals surface area contributed by atoms with Crippen LogP contribution in [0.1, 0.15) is 12.8 Å². The monoisotopic (exact) mass is 559 g/mol. The Morgan fingerprint density at radius 2 is 1.86 bits per heavy atom. The van der Waals surface area contributed by atoms with Gasteiger partial charge in [-0.15, -0.1) is 11.3 Å². The lowest BCUT2D eigenvalue weighted by molar-refractivity contribution is -0.141. The van der Waals surface area contributed by atoms with Crippen molar-refractivity contribution in [2.75, 3.05) is 27.9 Å². The Morgan fingerprint density at radius 1 is 1.14 bits per heavy atom. The summed E-state index contributed by atoms with van der Waals surface area (Å²) in [5.41, 5.74) is 0.591. The number of amides is 1. The molecule has 0 spiro atoms. The van der Waals surface area contributed by atoms with E-state index in [0.29, 0.717) is 38.9 Å². The van der Waals surface area contributed by atoms with Gasteiger partial charge in [-0.1, -0.05) is 22.9 Å². The molecule has 1 aliphatic heterocycles. The lowest BCUT2D eigenvalue weighted by Crippen LogP contribution is -2.40. The van der Waals surface area contributed by atoms with Crippen LogP contribution in [0.5, 0.6) is 11.5 Å². The molecule has 14 heteroatoms.